The van der Waals surface area contributed by atoms with Gasteiger partial charge in [0.2, 0.25) is 0 Å². The molecule has 11 rings (SSSR count). The highest BCUT2D eigenvalue weighted by Crippen LogP contribution is 2.58. The summed E-state index contributed by atoms with van der Waals surface area (Å²) in [6.07, 6.45) is 3.80. The number of hydrogen-bond acceptors (Lipinski definition) is 2. The molecule has 8 aromatic carbocycles. The van der Waals surface area contributed by atoms with Crippen LogP contribution in [0.1, 0.15) is 75.9 Å². The first-order valence-corrected chi connectivity index (χ1v) is 23.2. The smallest absolute Gasteiger partial charge is 0.0934 e. The molecule has 0 amide bonds. The van der Waals surface area contributed by atoms with E-state index in [9.17, 15) is 0 Å². The highest BCUT2D eigenvalue weighted by Gasteiger charge is 2.49. The maximum Gasteiger partial charge on any atom is 0.0934 e. The first kappa shape index (κ1) is 39.7. The predicted octanol–water partition coefficient (Wildman–Crippen LogP) is 16.7. The van der Waals surface area contributed by atoms with E-state index in [1.807, 2.05) is 0 Å². The van der Waals surface area contributed by atoms with Crippen LogP contribution < -0.4 is 0 Å². The van der Waals surface area contributed by atoms with Gasteiger partial charge < -0.3 is 0 Å². The molecule has 0 saturated carbocycles. The van der Waals surface area contributed by atoms with E-state index in [2.05, 4.69) is 222 Å². The molecule has 0 N–H and O–H groups in total. The van der Waals surface area contributed by atoms with Crippen molar-refractivity contribution in [3.05, 3.63) is 217 Å². The molecular formula is C62H52N2. The molecule has 1 aromatic heterocycles. The third kappa shape index (κ3) is 6.14. The molecule has 2 nitrogen and oxygen atoms in total. The normalized spacial score (nSPS) is 13.8. The van der Waals surface area contributed by atoms with E-state index in [0.29, 0.717) is 0 Å². The molecule has 64 heavy (non-hydrogen) atoms. The van der Waals surface area contributed by atoms with Crippen molar-refractivity contribution < 1.29 is 0 Å². The molecule has 0 atom stereocenters. The maximum absolute atomic E-state index is 5.90. The Kier molecular flexibility index (Phi) is 9.84. The molecule has 2 aliphatic rings. The Balaban J connectivity index is 1.08. The van der Waals surface area contributed by atoms with Crippen LogP contribution in [0.5, 0.6) is 0 Å². The molecule has 1 heterocycles. The van der Waals surface area contributed by atoms with E-state index >= 15 is 0 Å². The summed E-state index contributed by atoms with van der Waals surface area (Å²) in [5, 5.41) is 0. The van der Waals surface area contributed by atoms with E-state index in [4.69, 9.17) is 9.97 Å². The van der Waals surface area contributed by atoms with Gasteiger partial charge in [0.05, 0.1) is 22.8 Å². The summed E-state index contributed by atoms with van der Waals surface area (Å²) < 4.78 is 0. The zero-order valence-electron chi connectivity index (χ0n) is 37.2. The largest absolute Gasteiger partial charge is 0.248 e. The standard InChI is InChI=1S/C62H52N2/c1-5-61(6-2)55-35-31-47(49-33-29-45(41-21-13-9-14-22-41)37-51(49)43-25-17-11-18-26-43)39-53(55)57-59(61)63-58-54-40-48(32-36-56(54)62(7-3,8-4)60(58)64-57)50-34-30-46(42-23-15-10-16-24-42)38-52(50)44-27-19-12-20-28-44/h9-40H,5-8H2,1-4H3. The molecule has 2 heteroatoms. The van der Waals surface area contributed by atoms with Crippen LogP contribution in [0.2, 0.25) is 0 Å². The van der Waals surface area contributed by atoms with E-state index in [1.54, 1.807) is 0 Å². The van der Waals surface area contributed by atoms with Crippen LogP contribution in [-0.2, 0) is 10.8 Å². The van der Waals surface area contributed by atoms with E-state index < -0.39 is 0 Å². The van der Waals surface area contributed by atoms with Gasteiger partial charge in [0.1, 0.15) is 0 Å². The van der Waals surface area contributed by atoms with Crippen molar-refractivity contribution in [1.29, 1.82) is 0 Å². The zero-order valence-corrected chi connectivity index (χ0v) is 37.2. The van der Waals surface area contributed by atoms with Crippen LogP contribution in [0, 0.1) is 0 Å². The highest BCUT2D eigenvalue weighted by atomic mass is 14.9. The predicted molar refractivity (Wildman–Crippen MR) is 268 cm³/mol. The first-order chi connectivity index (χ1) is 31.5. The lowest BCUT2D eigenvalue weighted by atomic mass is 9.75. The van der Waals surface area contributed by atoms with Crippen LogP contribution in [-0.4, -0.2) is 9.97 Å². The lowest BCUT2D eigenvalue weighted by molar-refractivity contribution is 0.465. The van der Waals surface area contributed by atoms with Crippen LogP contribution in [0.4, 0.5) is 0 Å². The van der Waals surface area contributed by atoms with Crippen molar-refractivity contribution in [1.82, 2.24) is 9.97 Å². The monoisotopic (exact) mass is 824 g/mol. The molecule has 0 radical (unpaired) electrons. The molecule has 9 aromatic rings. The summed E-state index contributed by atoms with van der Waals surface area (Å²) >= 11 is 0. The Morgan fingerprint density at radius 3 is 0.938 bits per heavy atom. The number of nitrogens with zero attached hydrogens (tertiary/aromatic N) is 2. The van der Waals surface area contributed by atoms with Crippen molar-refractivity contribution >= 4 is 0 Å². The second-order valence-electron chi connectivity index (χ2n) is 17.7. The summed E-state index contributed by atoms with van der Waals surface area (Å²) in [4.78, 5) is 11.8. The van der Waals surface area contributed by atoms with Crippen LogP contribution in [0.3, 0.4) is 0 Å². The quantitative estimate of drug-likeness (QED) is 0.137. The van der Waals surface area contributed by atoms with Crippen molar-refractivity contribution in [3.8, 4) is 89.3 Å². The molecule has 0 bridgehead atoms. The van der Waals surface area contributed by atoms with Gasteiger partial charge in [-0.2, -0.15) is 0 Å². The molecular weight excluding hydrogens is 773 g/mol. The molecule has 0 saturated heterocycles. The van der Waals surface area contributed by atoms with Crippen LogP contribution in [0.25, 0.3) is 89.3 Å². The lowest BCUT2D eigenvalue weighted by Gasteiger charge is -2.30. The number of hydrogen-bond donors (Lipinski definition) is 0. The van der Waals surface area contributed by atoms with Gasteiger partial charge in [0, 0.05) is 22.0 Å². The first-order valence-electron chi connectivity index (χ1n) is 23.2. The minimum atomic E-state index is -0.236. The lowest BCUT2D eigenvalue weighted by Crippen LogP contribution is -2.27. The minimum Gasteiger partial charge on any atom is -0.248 e. The van der Waals surface area contributed by atoms with Crippen LogP contribution >= 0.6 is 0 Å². The molecule has 0 aliphatic heterocycles. The highest BCUT2D eigenvalue weighted by molar-refractivity contribution is 5.93. The fourth-order valence-electron chi connectivity index (χ4n) is 11.2. The fourth-order valence-corrected chi connectivity index (χ4v) is 11.2. The van der Waals surface area contributed by atoms with Crippen molar-refractivity contribution in [3.63, 3.8) is 0 Å². The van der Waals surface area contributed by atoms with Gasteiger partial charge >= 0.3 is 0 Å². The second-order valence-corrected chi connectivity index (χ2v) is 17.7. The van der Waals surface area contributed by atoms with E-state index in [1.165, 1.54) is 89.0 Å². The van der Waals surface area contributed by atoms with Gasteiger partial charge in [-0.25, -0.2) is 9.97 Å². The average molecular weight is 825 g/mol. The van der Waals surface area contributed by atoms with E-state index in [-0.39, 0.29) is 10.8 Å². The Bertz CT molecular complexity index is 2960. The van der Waals surface area contributed by atoms with Crippen molar-refractivity contribution in [2.24, 2.45) is 0 Å². The maximum atomic E-state index is 5.90. The summed E-state index contributed by atoms with van der Waals surface area (Å²) in [7, 11) is 0. The zero-order chi connectivity index (χ0) is 43.4. The molecule has 0 unspecified atom stereocenters. The number of rotatable bonds is 10. The molecule has 0 spiro atoms. The van der Waals surface area contributed by atoms with Crippen molar-refractivity contribution in [2.75, 3.05) is 0 Å². The van der Waals surface area contributed by atoms with Crippen LogP contribution in [0.15, 0.2) is 194 Å². The fraction of sp³-hybridized carbons (Fsp3) is 0.161. The SMILES string of the molecule is CCC1(CC)c2ccc(-c3ccc(-c4ccccc4)cc3-c3ccccc3)cc2-c2nc3c(nc21)-c1cc(-c2ccc(-c4ccccc4)cc2-c2ccccc2)ccc1C3(CC)CC. The van der Waals surface area contributed by atoms with Gasteiger partial charge in [0.15, 0.2) is 0 Å². The summed E-state index contributed by atoms with van der Waals surface area (Å²) in [5.74, 6) is 0. The summed E-state index contributed by atoms with van der Waals surface area (Å²) in [5.41, 5.74) is 23.6. The Morgan fingerprint density at radius 1 is 0.281 bits per heavy atom. The third-order valence-electron chi connectivity index (χ3n) is 14.8. The van der Waals surface area contributed by atoms with Gasteiger partial charge in [-0.05, 0) is 128 Å². The number of aromatic nitrogens is 2. The number of fused-ring (bicyclic) bond motifs is 6. The summed E-state index contributed by atoms with van der Waals surface area (Å²) in [6.45, 7) is 9.33. The summed E-state index contributed by atoms with van der Waals surface area (Å²) in [6, 6.07) is 71.3. The molecule has 2 aliphatic carbocycles. The molecule has 310 valence electrons. The Labute approximate surface area is 378 Å². The second kappa shape index (κ2) is 15.9. The topological polar surface area (TPSA) is 25.8 Å². The Hall–Kier alpha value is -7.16. The average Bonchev–Trinajstić information content (AvgIpc) is 3.81. The van der Waals surface area contributed by atoms with E-state index in [0.717, 1.165) is 48.5 Å². The van der Waals surface area contributed by atoms with Gasteiger partial charge in [-0.3, -0.25) is 0 Å². The van der Waals surface area contributed by atoms with Gasteiger partial charge in [-0.1, -0.05) is 198 Å². The van der Waals surface area contributed by atoms with Gasteiger partial charge in [0.25, 0.3) is 0 Å². The van der Waals surface area contributed by atoms with Gasteiger partial charge in [-0.15, -0.1) is 0 Å². The third-order valence-corrected chi connectivity index (χ3v) is 14.8. The molecule has 0 fully saturated rings. The van der Waals surface area contributed by atoms with Crippen molar-refractivity contribution in [2.45, 2.75) is 64.2 Å². The minimum absolute atomic E-state index is 0.236. The Morgan fingerprint density at radius 2 is 0.594 bits per heavy atom. The number of benzene rings is 8.